The highest BCUT2D eigenvalue weighted by molar-refractivity contribution is 9.10. The molecule has 0 spiro atoms. The van der Waals surface area contributed by atoms with Crippen LogP contribution >= 0.6 is 27.3 Å². The highest BCUT2D eigenvalue weighted by atomic mass is 79.9. The highest BCUT2D eigenvalue weighted by Gasteiger charge is 2.14. The molecule has 104 valence electrons. The van der Waals surface area contributed by atoms with Crippen molar-refractivity contribution in [1.82, 2.24) is 19.7 Å². The maximum atomic E-state index is 4.52. The first-order chi connectivity index (χ1) is 9.01. The van der Waals surface area contributed by atoms with Gasteiger partial charge in [-0.25, -0.2) is 4.98 Å². The SMILES string of the molecule is CCn1nc(C)c(Br)c1CN(C)Cc1csc(C)n1. The molecule has 0 bridgehead atoms. The number of aryl methyl sites for hydroxylation is 3. The van der Waals surface area contributed by atoms with Gasteiger partial charge >= 0.3 is 0 Å². The van der Waals surface area contributed by atoms with Crippen LogP contribution in [0, 0.1) is 13.8 Å². The summed E-state index contributed by atoms with van der Waals surface area (Å²) in [5.74, 6) is 0. The van der Waals surface area contributed by atoms with Crippen LogP contribution in [0.2, 0.25) is 0 Å². The molecular formula is C13H19BrN4S. The Morgan fingerprint density at radius 3 is 2.68 bits per heavy atom. The fraction of sp³-hybridized carbons (Fsp3) is 0.538. The molecule has 0 saturated heterocycles. The topological polar surface area (TPSA) is 34.0 Å². The Kier molecular flexibility index (Phi) is 4.76. The first kappa shape index (κ1) is 14.7. The summed E-state index contributed by atoms with van der Waals surface area (Å²) in [5, 5.41) is 7.77. The van der Waals surface area contributed by atoms with Gasteiger partial charge in [0.25, 0.3) is 0 Å². The predicted molar refractivity (Wildman–Crippen MR) is 82.4 cm³/mol. The van der Waals surface area contributed by atoms with Gasteiger partial charge in [-0.2, -0.15) is 5.10 Å². The van der Waals surface area contributed by atoms with E-state index >= 15 is 0 Å². The lowest BCUT2D eigenvalue weighted by Crippen LogP contribution is -2.20. The lowest BCUT2D eigenvalue weighted by molar-refractivity contribution is 0.303. The van der Waals surface area contributed by atoms with Gasteiger partial charge in [0.1, 0.15) is 0 Å². The summed E-state index contributed by atoms with van der Waals surface area (Å²) in [6, 6.07) is 0. The summed E-state index contributed by atoms with van der Waals surface area (Å²) in [6.07, 6.45) is 0. The zero-order valence-corrected chi connectivity index (χ0v) is 14.2. The van der Waals surface area contributed by atoms with Crippen LogP contribution in [0.25, 0.3) is 0 Å². The van der Waals surface area contributed by atoms with Crippen molar-refractivity contribution >= 4 is 27.3 Å². The molecule has 0 saturated carbocycles. The molecule has 2 heterocycles. The van der Waals surface area contributed by atoms with Crippen molar-refractivity contribution in [3.05, 3.63) is 31.9 Å². The van der Waals surface area contributed by atoms with Gasteiger partial charge in [-0.15, -0.1) is 11.3 Å². The van der Waals surface area contributed by atoms with Gasteiger partial charge < -0.3 is 0 Å². The van der Waals surface area contributed by atoms with E-state index in [-0.39, 0.29) is 0 Å². The van der Waals surface area contributed by atoms with Gasteiger partial charge in [-0.05, 0) is 43.7 Å². The number of nitrogens with zero attached hydrogens (tertiary/aromatic N) is 4. The van der Waals surface area contributed by atoms with Crippen LogP contribution in [0.3, 0.4) is 0 Å². The van der Waals surface area contributed by atoms with Crippen LogP contribution < -0.4 is 0 Å². The van der Waals surface area contributed by atoms with Crippen molar-refractivity contribution in [3.8, 4) is 0 Å². The van der Waals surface area contributed by atoms with Gasteiger partial charge in [-0.3, -0.25) is 9.58 Å². The molecule has 0 aliphatic rings. The zero-order chi connectivity index (χ0) is 14.0. The van der Waals surface area contributed by atoms with E-state index in [1.807, 2.05) is 13.8 Å². The molecule has 0 aliphatic carbocycles. The minimum absolute atomic E-state index is 0.866. The summed E-state index contributed by atoms with van der Waals surface area (Å²) in [5.41, 5.74) is 3.42. The van der Waals surface area contributed by atoms with Gasteiger partial charge in [0.05, 0.1) is 26.6 Å². The molecule has 4 nitrogen and oxygen atoms in total. The van der Waals surface area contributed by atoms with Crippen LogP contribution in [-0.2, 0) is 19.6 Å². The van der Waals surface area contributed by atoms with E-state index in [1.165, 1.54) is 5.69 Å². The normalized spacial score (nSPS) is 11.5. The maximum Gasteiger partial charge on any atom is 0.0897 e. The number of aromatic nitrogens is 3. The lowest BCUT2D eigenvalue weighted by Gasteiger charge is -2.16. The second kappa shape index (κ2) is 6.15. The molecule has 6 heteroatoms. The summed E-state index contributed by atoms with van der Waals surface area (Å²) in [6.45, 7) is 8.82. The lowest BCUT2D eigenvalue weighted by atomic mass is 10.3. The van der Waals surface area contributed by atoms with Crippen molar-refractivity contribution in [3.63, 3.8) is 0 Å². The highest BCUT2D eigenvalue weighted by Crippen LogP contribution is 2.22. The molecule has 2 rings (SSSR count). The molecule has 0 amide bonds. The van der Waals surface area contributed by atoms with Crippen molar-refractivity contribution in [2.24, 2.45) is 0 Å². The minimum atomic E-state index is 0.866. The Morgan fingerprint density at radius 1 is 1.37 bits per heavy atom. The number of rotatable bonds is 5. The largest absolute Gasteiger partial charge is 0.295 e. The number of hydrogen-bond donors (Lipinski definition) is 0. The van der Waals surface area contributed by atoms with Crippen LogP contribution in [0.4, 0.5) is 0 Å². The van der Waals surface area contributed by atoms with Crippen LogP contribution in [0.5, 0.6) is 0 Å². The first-order valence-corrected chi connectivity index (χ1v) is 7.99. The fourth-order valence-electron chi connectivity index (χ4n) is 2.09. The van der Waals surface area contributed by atoms with Gasteiger partial charge in [-0.1, -0.05) is 0 Å². The molecule has 0 unspecified atom stereocenters. The Morgan fingerprint density at radius 2 is 2.11 bits per heavy atom. The van der Waals surface area contributed by atoms with E-state index in [9.17, 15) is 0 Å². The molecule has 19 heavy (non-hydrogen) atoms. The molecule has 0 radical (unpaired) electrons. The summed E-state index contributed by atoms with van der Waals surface area (Å²) >= 11 is 5.34. The van der Waals surface area contributed by atoms with Gasteiger partial charge in [0.15, 0.2) is 0 Å². The monoisotopic (exact) mass is 342 g/mol. The van der Waals surface area contributed by atoms with Crippen molar-refractivity contribution < 1.29 is 0 Å². The van der Waals surface area contributed by atoms with E-state index in [0.29, 0.717) is 0 Å². The first-order valence-electron chi connectivity index (χ1n) is 6.32. The van der Waals surface area contributed by atoms with E-state index in [4.69, 9.17) is 0 Å². The minimum Gasteiger partial charge on any atom is -0.295 e. The molecular weight excluding hydrogens is 324 g/mol. The van der Waals surface area contributed by atoms with E-state index < -0.39 is 0 Å². The summed E-state index contributed by atoms with van der Waals surface area (Å²) in [4.78, 5) is 6.77. The zero-order valence-electron chi connectivity index (χ0n) is 11.8. The molecule has 2 aromatic rings. The average molecular weight is 343 g/mol. The summed E-state index contributed by atoms with van der Waals surface area (Å²) < 4.78 is 3.18. The molecule has 0 atom stereocenters. The van der Waals surface area contributed by atoms with Crippen molar-refractivity contribution in [2.75, 3.05) is 7.05 Å². The Hall–Kier alpha value is -0.720. The number of thiazole rings is 1. The number of halogens is 1. The van der Waals surface area contributed by atoms with Crippen LogP contribution in [0.15, 0.2) is 9.85 Å². The average Bonchev–Trinajstić information content (AvgIpc) is 2.87. The third kappa shape index (κ3) is 3.43. The third-order valence-corrected chi connectivity index (χ3v) is 4.82. The molecule has 2 aromatic heterocycles. The molecule has 0 N–H and O–H groups in total. The standard InChI is InChI=1S/C13H19BrN4S/c1-5-18-12(13(14)9(2)16-18)7-17(4)6-11-8-19-10(3)15-11/h8H,5-7H2,1-4H3. The van der Waals surface area contributed by atoms with Crippen molar-refractivity contribution in [2.45, 2.75) is 40.4 Å². The molecule has 0 fully saturated rings. The third-order valence-electron chi connectivity index (χ3n) is 2.97. The quantitative estimate of drug-likeness (QED) is 0.835. The summed E-state index contributed by atoms with van der Waals surface area (Å²) in [7, 11) is 2.11. The van der Waals surface area contributed by atoms with Gasteiger partial charge in [0.2, 0.25) is 0 Å². The van der Waals surface area contributed by atoms with Crippen LogP contribution in [-0.4, -0.2) is 26.7 Å². The molecule has 0 aromatic carbocycles. The number of hydrogen-bond acceptors (Lipinski definition) is 4. The molecule has 0 aliphatic heterocycles. The fourth-order valence-corrected chi connectivity index (χ4v) is 3.10. The predicted octanol–water partition coefficient (Wildman–Crippen LogP) is 3.37. The van der Waals surface area contributed by atoms with Crippen LogP contribution in [0.1, 0.15) is 29.0 Å². The van der Waals surface area contributed by atoms with E-state index in [2.05, 4.69) is 54.9 Å². The van der Waals surface area contributed by atoms with E-state index in [1.54, 1.807) is 11.3 Å². The Labute approximate surface area is 126 Å². The van der Waals surface area contributed by atoms with Gasteiger partial charge in [0, 0.05) is 25.0 Å². The smallest absolute Gasteiger partial charge is 0.0897 e. The second-order valence-corrected chi connectivity index (χ2v) is 6.55. The Balaban J connectivity index is 2.08. The van der Waals surface area contributed by atoms with Crippen molar-refractivity contribution in [1.29, 1.82) is 0 Å². The maximum absolute atomic E-state index is 4.52. The van der Waals surface area contributed by atoms with E-state index in [0.717, 1.165) is 40.5 Å². The Bertz CT molecular complexity index is 561. The second-order valence-electron chi connectivity index (χ2n) is 4.69.